The molecule has 0 radical (unpaired) electrons. The summed E-state index contributed by atoms with van der Waals surface area (Å²) in [5.41, 5.74) is -0.803. The van der Waals surface area contributed by atoms with Gasteiger partial charge in [0.05, 0.1) is 11.1 Å². The normalized spacial score (nSPS) is 18.0. The molecule has 1 aromatic carbocycles. The largest absolute Gasteiger partial charge is 0.478 e. The predicted octanol–water partition coefficient (Wildman–Crippen LogP) is 2.26. The highest BCUT2D eigenvalue weighted by atomic mass is 35.5. The van der Waals surface area contributed by atoms with Gasteiger partial charge in [0.15, 0.2) is 0 Å². The maximum Gasteiger partial charge on any atom is 0.338 e. The summed E-state index contributed by atoms with van der Waals surface area (Å²) in [5, 5.41) is 9.92. The Hall–Kier alpha value is -2.47. The minimum atomic E-state index is -1.28. The summed E-state index contributed by atoms with van der Waals surface area (Å²) in [4.78, 5) is 40.7. The predicted molar refractivity (Wildman–Crippen MR) is 78.8 cm³/mol. The number of rotatable bonds is 2. The Morgan fingerprint density at radius 2 is 2.05 bits per heavy atom. The van der Waals surface area contributed by atoms with Crippen molar-refractivity contribution in [2.24, 2.45) is 0 Å². The molecule has 2 amide bonds. The number of aromatic nitrogens is 1. The highest BCUT2D eigenvalue weighted by Crippen LogP contribution is 2.26. The number of imide groups is 1. The number of carboxylic acids is 1. The molecule has 0 bridgehead atoms. The fourth-order valence-electron chi connectivity index (χ4n) is 2.44. The van der Waals surface area contributed by atoms with Crippen LogP contribution >= 0.6 is 11.6 Å². The van der Waals surface area contributed by atoms with Crippen molar-refractivity contribution in [1.82, 2.24) is 9.88 Å². The number of carbonyl (C=O) groups is 3. The van der Waals surface area contributed by atoms with Crippen LogP contribution in [0.2, 0.25) is 0 Å². The van der Waals surface area contributed by atoms with Crippen molar-refractivity contribution in [2.45, 2.75) is 18.3 Å². The van der Waals surface area contributed by atoms with E-state index in [2.05, 4.69) is 4.98 Å². The Labute approximate surface area is 130 Å². The average Bonchev–Trinajstić information content (AvgIpc) is 2.84. The number of carbonyl (C=O) groups excluding carboxylic acids is 2. The number of carboxylic acid groups (broad SMARTS) is 1. The quantitative estimate of drug-likeness (QED) is 0.521. The van der Waals surface area contributed by atoms with Gasteiger partial charge in [0.25, 0.3) is 5.91 Å². The van der Waals surface area contributed by atoms with Gasteiger partial charge in [0.2, 0.25) is 5.91 Å². The Morgan fingerprint density at radius 1 is 1.32 bits per heavy atom. The van der Waals surface area contributed by atoms with E-state index in [1.165, 1.54) is 6.07 Å². The smallest absolute Gasteiger partial charge is 0.338 e. The van der Waals surface area contributed by atoms with Crippen molar-refractivity contribution in [3.63, 3.8) is 0 Å². The van der Waals surface area contributed by atoms with Crippen molar-refractivity contribution >= 4 is 40.3 Å². The van der Waals surface area contributed by atoms with Gasteiger partial charge < -0.3 is 5.11 Å². The van der Waals surface area contributed by atoms with E-state index in [1.807, 2.05) is 0 Å². The molecule has 0 saturated carbocycles. The Balaban J connectivity index is 2.16. The molecule has 1 N–H and O–H groups in total. The van der Waals surface area contributed by atoms with E-state index in [0.717, 1.165) is 4.90 Å². The van der Waals surface area contributed by atoms with E-state index in [0.29, 0.717) is 17.3 Å². The minimum Gasteiger partial charge on any atom is -0.478 e. The van der Waals surface area contributed by atoms with Crippen LogP contribution in [0.4, 0.5) is 0 Å². The summed E-state index contributed by atoms with van der Waals surface area (Å²) >= 11 is 5.98. The van der Waals surface area contributed by atoms with Gasteiger partial charge in [-0.15, -0.1) is 0 Å². The molecule has 1 unspecified atom stereocenters. The molecule has 0 spiro atoms. The van der Waals surface area contributed by atoms with E-state index in [-0.39, 0.29) is 17.7 Å². The number of halogens is 1. The van der Waals surface area contributed by atoms with Gasteiger partial charge in [-0.3, -0.25) is 14.5 Å². The first-order chi connectivity index (χ1) is 10.5. The number of hydrogen-bond acceptors (Lipinski definition) is 4. The summed E-state index contributed by atoms with van der Waals surface area (Å²) in [6.45, 7) is 0. The van der Waals surface area contributed by atoms with Crippen LogP contribution in [0.5, 0.6) is 0 Å². The lowest BCUT2D eigenvalue weighted by atomic mass is 10.1. The number of benzene rings is 1. The van der Waals surface area contributed by atoms with Gasteiger partial charge in [-0.05, 0) is 18.6 Å². The first-order valence-electron chi connectivity index (χ1n) is 6.62. The van der Waals surface area contributed by atoms with Gasteiger partial charge in [-0.1, -0.05) is 29.8 Å². The van der Waals surface area contributed by atoms with E-state index < -0.39 is 23.3 Å². The molecule has 22 heavy (non-hydrogen) atoms. The summed E-state index contributed by atoms with van der Waals surface area (Å²) < 4.78 is 0. The standard InChI is InChI=1S/C15H11ClN2O4/c16-11-5-6-12(19)18(11)14(20)13-9(15(21)22)7-8-3-1-2-4-10(8)17-13/h1-4,7,11H,5-6H2,(H,21,22). The molecule has 1 aliphatic heterocycles. The molecule has 1 fully saturated rings. The lowest BCUT2D eigenvalue weighted by Gasteiger charge is -2.18. The topological polar surface area (TPSA) is 87.6 Å². The number of fused-ring (bicyclic) bond motifs is 1. The van der Waals surface area contributed by atoms with Crippen LogP contribution in [0.15, 0.2) is 30.3 Å². The summed E-state index contributed by atoms with van der Waals surface area (Å²) in [6.07, 6.45) is 0.512. The van der Waals surface area contributed by atoms with Gasteiger partial charge in [0, 0.05) is 11.8 Å². The fourth-order valence-corrected chi connectivity index (χ4v) is 2.75. The summed E-state index contributed by atoms with van der Waals surface area (Å²) in [7, 11) is 0. The molecular weight excluding hydrogens is 308 g/mol. The zero-order chi connectivity index (χ0) is 15.9. The molecule has 7 heteroatoms. The molecule has 1 atom stereocenters. The number of likely N-dealkylation sites (tertiary alicyclic amines) is 1. The number of aromatic carboxylic acids is 1. The monoisotopic (exact) mass is 318 g/mol. The number of alkyl halides is 1. The number of amides is 2. The third kappa shape index (κ3) is 2.31. The Bertz CT molecular complexity index is 805. The Morgan fingerprint density at radius 3 is 2.68 bits per heavy atom. The van der Waals surface area contributed by atoms with Crippen molar-refractivity contribution in [1.29, 1.82) is 0 Å². The first kappa shape index (κ1) is 14.5. The van der Waals surface area contributed by atoms with Crippen LogP contribution in [-0.2, 0) is 4.79 Å². The van der Waals surface area contributed by atoms with Crippen molar-refractivity contribution in [3.05, 3.63) is 41.6 Å². The maximum absolute atomic E-state index is 12.5. The highest BCUT2D eigenvalue weighted by molar-refractivity contribution is 6.25. The van der Waals surface area contributed by atoms with E-state index in [1.54, 1.807) is 24.3 Å². The average molecular weight is 319 g/mol. The van der Waals surface area contributed by atoms with Crippen LogP contribution in [0, 0.1) is 0 Å². The molecule has 0 aliphatic carbocycles. The van der Waals surface area contributed by atoms with E-state index in [4.69, 9.17) is 11.6 Å². The number of pyridine rings is 1. The van der Waals surface area contributed by atoms with Crippen LogP contribution in [0.25, 0.3) is 10.9 Å². The SMILES string of the molecule is O=C(O)c1cc2ccccc2nc1C(=O)N1C(=O)CCC1Cl. The second kappa shape index (κ2) is 5.38. The van der Waals surface area contributed by atoms with Crippen molar-refractivity contribution < 1.29 is 19.5 Å². The third-order valence-electron chi connectivity index (χ3n) is 3.52. The number of hydrogen-bond donors (Lipinski definition) is 1. The minimum absolute atomic E-state index is 0.163. The highest BCUT2D eigenvalue weighted by Gasteiger charge is 2.37. The van der Waals surface area contributed by atoms with E-state index >= 15 is 0 Å². The first-order valence-corrected chi connectivity index (χ1v) is 7.06. The third-order valence-corrected chi connectivity index (χ3v) is 3.93. The molecule has 1 aromatic heterocycles. The molecular formula is C15H11ClN2O4. The van der Waals surface area contributed by atoms with Gasteiger partial charge in [-0.25, -0.2) is 9.78 Å². The fraction of sp³-hybridized carbons (Fsp3) is 0.200. The van der Waals surface area contributed by atoms with Crippen molar-refractivity contribution in [2.75, 3.05) is 0 Å². The summed E-state index contributed by atoms with van der Waals surface area (Å²) in [6, 6.07) is 8.23. The van der Waals surface area contributed by atoms with Gasteiger partial charge >= 0.3 is 5.97 Å². The lowest BCUT2D eigenvalue weighted by Crippen LogP contribution is -2.37. The molecule has 3 rings (SSSR count). The zero-order valence-electron chi connectivity index (χ0n) is 11.3. The van der Waals surface area contributed by atoms with Crippen molar-refractivity contribution in [3.8, 4) is 0 Å². The lowest BCUT2D eigenvalue weighted by molar-refractivity contribution is -0.125. The molecule has 1 aliphatic rings. The Kier molecular flexibility index (Phi) is 3.54. The second-order valence-corrected chi connectivity index (χ2v) is 5.43. The summed E-state index contributed by atoms with van der Waals surface area (Å²) in [5.74, 6) is -2.47. The second-order valence-electron chi connectivity index (χ2n) is 4.92. The number of para-hydroxylation sites is 1. The van der Waals surface area contributed by atoms with Crippen LogP contribution < -0.4 is 0 Å². The van der Waals surface area contributed by atoms with Gasteiger partial charge in [-0.2, -0.15) is 0 Å². The maximum atomic E-state index is 12.5. The molecule has 2 aromatic rings. The molecule has 6 nitrogen and oxygen atoms in total. The van der Waals surface area contributed by atoms with Crippen LogP contribution in [-0.4, -0.2) is 38.3 Å². The molecule has 1 saturated heterocycles. The van der Waals surface area contributed by atoms with Gasteiger partial charge in [0.1, 0.15) is 11.2 Å². The zero-order valence-corrected chi connectivity index (χ0v) is 12.1. The van der Waals surface area contributed by atoms with Crippen LogP contribution in [0.3, 0.4) is 0 Å². The molecule has 2 heterocycles. The van der Waals surface area contributed by atoms with Crippen LogP contribution in [0.1, 0.15) is 33.7 Å². The molecule has 112 valence electrons. The number of nitrogens with zero attached hydrogens (tertiary/aromatic N) is 2. The van der Waals surface area contributed by atoms with E-state index in [9.17, 15) is 19.5 Å².